The smallest absolute Gasteiger partial charge is 0.258 e. The molecule has 1 amide bonds. The van der Waals surface area contributed by atoms with Crippen LogP contribution in [-0.2, 0) is 0 Å². The molecule has 2 N–H and O–H groups in total. The lowest BCUT2D eigenvalue weighted by Gasteiger charge is -2.10. The quantitative estimate of drug-likeness (QED) is 0.561. The van der Waals surface area contributed by atoms with Gasteiger partial charge in [0.25, 0.3) is 5.91 Å². The zero-order valence-corrected chi connectivity index (χ0v) is 15.3. The lowest BCUT2D eigenvalue weighted by Crippen LogP contribution is -2.15. The van der Waals surface area contributed by atoms with Gasteiger partial charge in [0.1, 0.15) is 5.82 Å². The zero-order chi connectivity index (χ0) is 20.3. The number of halogens is 3. The van der Waals surface area contributed by atoms with Crippen LogP contribution in [0.4, 0.5) is 30.4 Å². The number of rotatable bonds is 5. The molecule has 3 rings (SSSR count). The molecule has 0 unspecified atom stereocenters. The van der Waals surface area contributed by atoms with Gasteiger partial charge in [-0.15, -0.1) is 0 Å². The molecule has 0 spiro atoms. The van der Waals surface area contributed by atoms with Gasteiger partial charge in [0, 0.05) is 5.69 Å². The van der Waals surface area contributed by atoms with Crippen LogP contribution in [0.3, 0.4) is 0 Å². The van der Waals surface area contributed by atoms with Gasteiger partial charge in [-0.2, -0.15) is 0 Å². The average molecular weight is 385 g/mol. The molecule has 0 aliphatic heterocycles. The summed E-state index contributed by atoms with van der Waals surface area (Å²) in [5.74, 6) is -4.48. The number of anilines is 3. The fraction of sp³-hybridized carbons (Fsp3) is 0.143. The van der Waals surface area contributed by atoms with E-state index in [1.165, 1.54) is 11.8 Å². The van der Waals surface area contributed by atoms with Crippen LogP contribution in [0.1, 0.15) is 35.7 Å². The summed E-state index contributed by atoms with van der Waals surface area (Å²) in [6.45, 7) is 4.23. The van der Waals surface area contributed by atoms with Crippen LogP contribution in [0, 0.1) is 17.5 Å². The zero-order valence-electron chi connectivity index (χ0n) is 15.3. The number of benzene rings is 2. The summed E-state index contributed by atoms with van der Waals surface area (Å²) in [5, 5.41) is 5.53. The van der Waals surface area contributed by atoms with Crippen molar-refractivity contribution in [2.45, 2.75) is 19.8 Å². The maximum absolute atomic E-state index is 13.7. The van der Waals surface area contributed by atoms with Crippen molar-refractivity contribution >= 4 is 23.1 Å². The van der Waals surface area contributed by atoms with Crippen LogP contribution in [0.15, 0.2) is 54.7 Å². The van der Waals surface area contributed by atoms with Gasteiger partial charge in [0.15, 0.2) is 17.5 Å². The summed E-state index contributed by atoms with van der Waals surface area (Å²) >= 11 is 0. The van der Waals surface area contributed by atoms with Crippen LogP contribution >= 0.6 is 0 Å². The Labute approximate surface area is 160 Å². The number of aromatic nitrogens is 1. The Bertz CT molecular complexity index is 987. The van der Waals surface area contributed by atoms with Crippen molar-refractivity contribution < 1.29 is 18.0 Å². The largest absolute Gasteiger partial charge is 0.340 e. The molecule has 0 radical (unpaired) electrons. The number of carbonyl (C=O) groups is 1. The number of pyridine rings is 1. The summed E-state index contributed by atoms with van der Waals surface area (Å²) in [6.07, 6.45) is 1.38. The van der Waals surface area contributed by atoms with Crippen molar-refractivity contribution in [3.05, 3.63) is 83.3 Å². The minimum Gasteiger partial charge on any atom is -0.340 e. The predicted molar refractivity (Wildman–Crippen MR) is 102 cm³/mol. The highest BCUT2D eigenvalue weighted by molar-refractivity contribution is 6.04. The molecule has 0 aliphatic carbocycles. The van der Waals surface area contributed by atoms with Gasteiger partial charge in [0.05, 0.1) is 17.4 Å². The monoisotopic (exact) mass is 385 g/mol. The number of hydrogen-bond acceptors (Lipinski definition) is 3. The molecular formula is C21H18F3N3O. The Balaban J connectivity index is 1.67. The fourth-order valence-electron chi connectivity index (χ4n) is 2.54. The third kappa shape index (κ3) is 4.31. The number of nitrogens with one attached hydrogen (secondary N) is 2. The Morgan fingerprint density at radius 1 is 0.893 bits per heavy atom. The van der Waals surface area contributed by atoms with E-state index >= 15 is 0 Å². The van der Waals surface area contributed by atoms with Crippen molar-refractivity contribution in [2.24, 2.45) is 0 Å². The van der Waals surface area contributed by atoms with E-state index in [1.54, 1.807) is 12.1 Å². The lowest BCUT2D eigenvalue weighted by molar-refractivity contribution is 0.102. The molecule has 2 aromatic carbocycles. The van der Waals surface area contributed by atoms with E-state index in [1.807, 2.05) is 24.3 Å². The highest BCUT2D eigenvalue weighted by atomic mass is 19.2. The van der Waals surface area contributed by atoms with Crippen molar-refractivity contribution in [3.63, 3.8) is 0 Å². The van der Waals surface area contributed by atoms with E-state index in [0.717, 1.165) is 11.8 Å². The lowest BCUT2D eigenvalue weighted by atomic mass is 10.0. The van der Waals surface area contributed by atoms with Crippen molar-refractivity contribution in [3.8, 4) is 0 Å². The SMILES string of the molecule is CC(C)c1ccc(Nc2ccc(NC(=O)c3ccc(F)c(F)c3F)cn2)cc1. The molecule has 0 fully saturated rings. The highest BCUT2D eigenvalue weighted by Gasteiger charge is 2.18. The maximum atomic E-state index is 13.7. The number of hydrogen-bond donors (Lipinski definition) is 2. The predicted octanol–water partition coefficient (Wildman–Crippen LogP) is 5.62. The van der Waals surface area contributed by atoms with E-state index in [0.29, 0.717) is 17.8 Å². The van der Waals surface area contributed by atoms with Gasteiger partial charge < -0.3 is 10.6 Å². The fourth-order valence-corrected chi connectivity index (χ4v) is 2.54. The van der Waals surface area contributed by atoms with Crippen LogP contribution in [-0.4, -0.2) is 10.9 Å². The van der Waals surface area contributed by atoms with Crippen LogP contribution < -0.4 is 10.6 Å². The van der Waals surface area contributed by atoms with Gasteiger partial charge in [-0.05, 0) is 47.9 Å². The molecule has 0 aliphatic rings. The third-order valence-corrected chi connectivity index (χ3v) is 4.15. The molecule has 0 bridgehead atoms. The van der Waals surface area contributed by atoms with E-state index in [-0.39, 0.29) is 5.69 Å². The summed E-state index contributed by atoms with van der Waals surface area (Å²) in [5.41, 5.74) is 1.78. The first-order valence-electron chi connectivity index (χ1n) is 8.63. The topological polar surface area (TPSA) is 54.0 Å². The first kappa shape index (κ1) is 19.4. The maximum Gasteiger partial charge on any atom is 0.258 e. The summed E-state index contributed by atoms with van der Waals surface area (Å²) in [4.78, 5) is 16.3. The number of nitrogens with zero attached hydrogens (tertiary/aromatic N) is 1. The molecule has 1 heterocycles. The standard InChI is InChI=1S/C21H18F3N3O/c1-12(2)13-3-5-14(6-4-13)26-18-10-7-15(11-25-18)27-21(28)16-8-9-17(22)20(24)19(16)23/h3-12H,1-2H3,(H,25,26)(H,27,28). The normalized spacial score (nSPS) is 10.8. The molecule has 1 aromatic heterocycles. The molecule has 7 heteroatoms. The molecule has 0 saturated carbocycles. The van der Waals surface area contributed by atoms with Crippen molar-refractivity contribution in [1.29, 1.82) is 0 Å². The number of amides is 1. The van der Waals surface area contributed by atoms with Crippen LogP contribution in [0.25, 0.3) is 0 Å². The van der Waals surface area contributed by atoms with E-state index in [4.69, 9.17) is 0 Å². The van der Waals surface area contributed by atoms with Crippen molar-refractivity contribution in [2.75, 3.05) is 10.6 Å². The Morgan fingerprint density at radius 2 is 1.57 bits per heavy atom. The summed E-state index contributed by atoms with van der Waals surface area (Å²) in [6, 6.07) is 12.7. The second kappa shape index (κ2) is 8.12. The van der Waals surface area contributed by atoms with E-state index < -0.39 is 28.9 Å². The van der Waals surface area contributed by atoms with Crippen LogP contribution in [0.5, 0.6) is 0 Å². The third-order valence-electron chi connectivity index (χ3n) is 4.15. The second-order valence-electron chi connectivity index (χ2n) is 6.51. The van der Waals surface area contributed by atoms with Crippen molar-refractivity contribution in [1.82, 2.24) is 4.98 Å². The molecule has 0 saturated heterocycles. The second-order valence-corrected chi connectivity index (χ2v) is 6.51. The molecular weight excluding hydrogens is 367 g/mol. The number of carbonyl (C=O) groups excluding carboxylic acids is 1. The Hall–Kier alpha value is -3.35. The molecule has 3 aromatic rings. The molecule has 144 valence electrons. The summed E-state index contributed by atoms with van der Waals surface area (Å²) < 4.78 is 39.9. The first-order valence-corrected chi connectivity index (χ1v) is 8.63. The molecule has 4 nitrogen and oxygen atoms in total. The highest BCUT2D eigenvalue weighted by Crippen LogP contribution is 2.21. The average Bonchev–Trinajstić information content (AvgIpc) is 2.68. The van der Waals surface area contributed by atoms with Gasteiger partial charge in [-0.25, -0.2) is 18.2 Å². The Kier molecular flexibility index (Phi) is 5.63. The van der Waals surface area contributed by atoms with Gasteiger partial charge >= 0.3 is 0 Å². The minimum absolute atomic E-state index is 0.287. The molecule has 28 heavy (non-hydrogen) atoms. The minimum atomic E-state index is -1.69. The first-order chi connectivity index (χ1) is 13.3. The molecule has 0 atom stereocenters. The van der Waals surface area contributed by atoms with Gasteiger partial charge in [-0.3, -0.25) is 4.79 Å². The van der Waals surface area contributed by atoms with Crippen LogP contribution in [0.2, 0.25) is 0 Å². The van der Waals surface area contributed by atoms with E-state index in [2.05, 4.69) is 29.5 Å². The Morgan fingerprint density at radius 3 is 2.18 bits per heavy atom. The van der Waals surface area contributed by atoms with Gasteiger partial charge in [-0.1, -0.05) is 26.0 Å². The van der Waals surface area contributed by atoms with E-state index in [9.17, 15) is 18.0 Å². The van der Waals surface area contributed by atoms with Gasteiger partial charge in [0.2, 0.25) is 0 Å². The summed E-state index contributed by atoms with van der Waals surface area (Å²) in [7, 11) is 0.